The predicted octanol–water partition coefficient (Wildman–Crippen LogP) is 3.69. The lowest BCUT2D eigenvalue weighted by Gasteiger charge is -2.31. The molecule has 21 heavy (non-hydrogen) atoms. The molecule has 0 radical (unpaired) electrons. The molecular weight excluding hydrogens is 272 g/mol. The number of alkyl halides is 2. The summed E-state index contributed by atoms with van der Waals surface area (Å²) in [5.41, 5.74) is 7.24. The third-order valence-electron chi connectivity index (χ3n) is 5.17. The summed E-state index contributed by atoms with van der Waals surface area (Å²) in [5.74, 6) is -2.26. The zero-order chi connectivity index (χ0) is 14.9. The summed E-state index contributed by atoms with van der Waals surface area (Å²) < 4.78 is 28.4. The normalized spacial score (nSPS) is 25.3. The van der Waals surface area contributed by atoms with Crippen LogP contribution in [0.4, 0.5) is 8.78 Å². The second kappa shape index (κ2) is 6.03. The van der Waals surface area contributed by atoms with Crippen LogP contribution in [0.2, 0.25) is 0 Å². The molecule has 2 aliphatic rings. The van der Waals surface area contributed by atoms with Crippen LogP contribution in [0.1, 0.15) is 63.1 Å². The minimum Gasteiger partial charge on any atom is -0.327 e. The summed E-state index contributed by atoms with van der Waals surface area (Å²) >= 11 is 0. The molecule has 2 N–H and O–H groups in total. The number of hydrogen-bond acceptors (Lipinski definition) is 2. The zero-order valence-corrected chi connectivity index (χ0v) is 12.5. The van der Waals surface area contributed by atoms with Gasteiger partial charge in [-0.25, -0.2) is 8.78 Å². The first-order valence-corrected chi connectivity index (χ1v) is 8.21. The number of rotatable bonds is 4. The molecule has 1 aromatic heterocycles. The van der Waals surface area contributed by atoms with E-state index in [1.807, 2.05) is 12.3 Å². The molecule has 5 heteroatoms. The summed E-state index contributed by atoms with van der Waals surface area (Å²) in [6.07, 6.45) is 8.81. The van der Waals surface area contributed by atoms with Gasteiger partial charge in [-0.1, -0.05) is 12.8 Å². The summed E-state index contributed by atoms with van der Waals surface area (Å²) in [7, 11) is 0. The van der Waals surface area contributed by atoms with E-state index in [1.165, 1.54) is 25.7 Å². The maximum atomic E-state index is 13.2. The summed E-state index contributed by atoms with van der Waals surface area (Å²) in [4.78, 5) is 0. The number of halogens is 2. The van der Waals surface area contributed by atoms with Crippen molar-refractivity contribution in [1.82, 2.24) is 9.78 Å². The van der Waals surface area contributed by atoms with Gasteiger partial charge in [0.1, 0.15) is 0 Å². The number of aromatic nitrogens is 2. The van der Waals surface area contributed by atoms with Crippen molar-refractivity contribution in [3.63, 3.8) is 0 Å². The van der Waals surface area contributed by atoms with Crippen molar-refractivity contribution >= 4 is 0 Å². The van der Waals surface area contributed by atoms with E-state index in [2.05, 4.69) is 9.78 Å². The van der Waals surface area contributed by atoms with Gasteiger partial charge in [0.2, 0.25) is 5.92 Å². The van der Waals surface area contributed by atoms with Crippen molar-refractivity contribution in [1.29, 1.82) is 0 Å². The minimum atomic E-state index is -2.47. The van der Waals surface area contributed by atoms with Crippen LogP contribution < -0.4 is 5.73 Å². The standard InChI is InChI=1S/C16H25F2N3/c17-16(18)8-5-12(6-9-16)15(19)11-13-7-10-21(20-13)14-3-1-2-4-14/h7,10,12,14-15H,1-6,8-9,11,19H2. The van der Waals surface area contributed by atoms with Gasteiger partial charge in [-0.3, -0.25) is 4.68 Å². The van der Waals surface area contributed by atoms with Crippen molar-refractivity contribution in [2.45, 2.75) is 75.8 Å². The number of nitrogens with two attached hydrogens (primary N) is 1. The fraction of sp³-hybridized carbons (Fsp3) is 0.812. The molecule has 0 saturated heterocycles. The molecule has 2 aliphatic carbocycles. The fourth-order valence-corrected chi connectivity index (χ4v) is 3.76. The van der Waals surface area contributed by atoms with E-state index in [4.69, 9.17) is 5.73 Å². The Morgan fingerprint density at radius 2 is 1.90 bits per heavy atom. The van der Waals surface area contributed by atoms with Gasteiger partial charge in [-0.05, 0) is 37.7 Å². The Hall–Kier alpha value is -0.970. The molecule has 1 heterocycles. The summed E-state index contributed by atoms with van der Waals surface area (Å²) in [5, 5.41) is 4.64. The lowest BCUT2D eigenvalue weighted by atomic mass is 9.81. The van der Waals surface area contributed by atoms with Gasteiger partial charge in [0.15, 0.2) is 0 Å². The highest BCUT2D eigenvalue weighted by Crippen LogP contribution is 2.37. The number of hydrogen-bond donors (Lipinski definition) is 1. The Morgan fingerprint density at radius 1 is 1.24 bits per heavy atom. The first-order valence-electron chi connectivity index (χ1n) is 8.21. The third kappa shape index (κ3) is 3.62. The molecule has 0 spiro atoms. The molecular formula is C16H25F2N3. The Balaban J connectivity index is 1.54. The molecule has 3 nitrogen and oxygen atoms in total. The maximum absolute atomic E-state index is 13.2. The van der Waals surface area contributed by atoms with Crippen LogP contribution >= 0.6 is 0 Å². The Morgan fingerprint density at radius 3 is 2.57 bits per heavy atom. The lowest BCUT2D eigenvalue weighted by molar-refractivity contribution is -0.0481. The van der Waals surface area contributed by atoms with Crippen molar-refractivity contribution in [3.8, 4) is 0 Å². The Labute approximate surface area is 124 Å². The molecule has 0 bridgehead atoms. The van der Waals surface area contributed by atoms with Crippen molar-refractivity contribution < 1.29 is 8.78 Å². The van der Waals surface area contributed by atoms with E-state index < -0.39 is 5.92 Å². The van der Waals surface area contributed by atoms with Crippen molar-refractivity contribution in [2.75, 3.05) is 0 Å². The van der Waals surface area contributed by atoms with E-state index in [0.717, 1.165) is 5.69 Å². The number of nitrogens with zero attached hydrogens (tertiary/aromatic N) is 2. The highest BCUT2D eigenvalue weighted by Gasteiger charge is 2.36. The van der Waals surface area contributed by atoms with Crippen molar-refractivity contribution in [3.05, 3.63) is 18.0 Å². The molecule has 2 saturated carbocycles. The topological polar surface area (TPSA) is 43.8 Å². The second-order valence-corrected chi connectivity index (χ2v) is 6.79. The predicted molar refractivity (Wildman–Crippen MR) is 78.3 cm³/mol. The average Bonchev–Trinajstić information content (AvgIpc) is 3.08. The molecule has 2 fully saturated rings. The van der Waals surface area contributed by atoms with E-state index in [9.17, 15) is 8.78 Å². The SMILES string of the molecule is NC(Cc1ccn(C2CCCC2)n1)C1CCC(F)(F)CC1. The lowest BCUT2D eigenvalue weighted by Crippen LogP contribution is -2.37. The molecule has 0 aliphatic heterocycles. The van der Waals surface area contributed by atoms with E-state index in [0.29, 0.717) is 25.3 Å². The van der Waals surface area contributed by atoms with Crippen LogP contribution in [0, 0.1) is 5.92 Å². The van der Waals surface area contributed by atoms with Gasteiger partial charge < -0.3 is 5.73 Å². The Bertz CT molecular complexity index is 456. The smallest absolute Gasteiger partial charge is 0.248 e. The van der Waals surface area contributed by atoms with E-state index in [-0.39, 0.29) is 24.8 Å². The largest absolute Gasteiger partial charge is 0.327 e. The molecule has 1 aromatic rings. The zero-order valence-electron chi connectivity index (χ0n) is 12.5. The van der Waals surface area contributed by atoms with Crippen LogP contribution in [-0.4, -0.2) is 21.7 Å². The Kier molecular flexibility index (Phi) is 4.29. The first-order chi connectivity index (χ1) is 10.0. The van der Waals surface area contributed by atoms with Crippen LogP contribution in [0.15, 0.2) is 12.3 Å². The van der Waals surface area contributed by atoms with Gasteiger partial charge in [0.05, 0.1) is 11.7 Å². The van der Waals surface area contributed by atoms with Crippen LogP contribution in [-0.2, 0) is 6.42 Å². The second-order valence-electron chi connectivity index (χ2n) is 6.79. The quantitative estimate of drug-likeness (QED) is 0.921. The third-order valence-corrected chi connectivity index (χ3v) is 5.17. The monoisotopic (exact) mass is 297 g/mol. The summed E-state index contributed by atoms with van der Waals surface area (Å²) in [6.45, 7) is 0. The van der Waals surface area contributed by atoms with Gasteiger partial charge in [-0.15, -0.1) is 0 Å². The average molecular weight is 297 g/mol. The molecule has 1 unspecified atom stereocenters. The molecule has 0 aromatic carbocycles. The van der Waals surface area contributed by atoms with Crippen LogP contribution in [0.5, 0.6) is 0 Å². The minimum absolute atomic E-state index is 0.0120. The van der Waals surface area contributed by atoms with Gasteiger partial charge in [-0.2, -0.15) is 5.10 Å². The molecule has 118 valence electrons. The molecule has 1 atom stereocenters. The van der Waals surface area contributed by atoms with Gasteiger partial charge in [0, 0.05) is 31.5 Å². The van der Waals surface area contributed by atoms with Crippen LogP contribution in [0.3, 0.4) is 0 Å². The highest BCUT2D eigenvalue weighted by molar-refractivity contribution is 5.03. The summed E-state index contributed by atoms with van der Waals surface area (Å²) in [6, 6.07) is 2.53. The van der Waals surface area contributed by atoms with Gasteiger partial charge >= 0.3 is 0 Å². The van der Waals surface area contributed by atoms with Crippen molar-refractivity contribution in [2.24, 2.45) is 11.7 Å². The highest BCUT2D eigenvalue weighted by atomic mass is 19.3. The first kappa shape index (κ1) is 14.9. The van der Waals surface area contributed by atoms with Gasteiger partial charge in [0.25, 0.3) is 0 Å². The molecule has 0 amide bonds. The molecule has 3 rings (SSSR count). The van der Waals surface area contributed by atoms with E-state index >= 15 is 0 Å². The van der Waals surface area contributed by atoms with Crippen LogP contribution in [0.25, 0.3) is 0 Å². The fourth-order valence-electron chi connectivity index (χ4n) is 3.76. The maximum Gasteiger partial charge on any atom is 0.248 e. The van der Waals surface area contributed by atoms with E-state index in [1.54, 1.807) is 0 Å².